The summed E-state index contributed by atoms with van der Waals surface area (Å²) in [5, 5.41) is 5.87. The van der Waals surface area contributed by atoms with Crippen molar-refractivity contribution in [3.05, 3.63) is 58.9 Å². The Labute approximate surface area is 133 Å². The van der Waals surface area contributed by atoms with E-state index in [1.165, 1.54) is 12.3 Å². The van der Waals surface area contributed by atoms with Gasteiger partial charge in [-0.25, -0.2) is 0 Å². The number of para-hydroxylation sites is 1. The van der Waals surface area contributed by atoms with Gasteiger partial charge in [-0.1, -0.05) is 30.7 Å². The number of pyridine rings is 1. The van der Waals surface area contributed by atoms with Crippen LogP contribution in [0.25, 0.3) is 0 Å². The molecule has 1 heterocycles. The van der Waals surface area contributed by atoms with Gasteiger partial charge in [-0.3, -0.25) is 14.6 Å². The number of nitrogens with zero attached hydrogens (tertiary/aromatic N) is 1. The van der Waals surface area contributed by atoms with Crippen molar-refractivity contribution in [2.75, 3.05) is 11.9 Å². The molecule has 0 saturated carbocycles. The molecule has 22 heavy (non-hydrogen) atoms. The van der Waals surface area contributed by atoms with Crippen LogP contribution in [-0.2, 0) is 0 Å². The molecule has 0 saturated heterocycles. The third-order valence-corrected chi connectivity index (χ3v) is 3.24. The minimum absolute atomic E-state index is 0.209. The van der Waals surface area contributed by atoms with Crippen LogP contribution in [0.4, 0.5) is 5.69 Å². The Morgan fingerprint density at radius 1 is 1.18 bits per heavy atom. The molecule has 0 unspecified atom stereocenters. The van der Waals surface area contributed by atoms with E-state index in [9.17, 15) is 9.59 Å². The number of carbonyl (C=O) groups excluding carboxylic acids is 2. The fraction of sp³-hybridized carbons (Fsp3) is 0.188. The normalized spacial score (nSPS) is 10.1. The molecular weight excluding hydrogens is 302 g/mol. The number of benzene rings is 1. The van der Waals surface area contributed by atoms with Gasteiger partial charge in [-0.15, -0.1) is 0 Å². The molecule has 5 nitrogen and oxygen atoms in total. The lowest BCUT2D eigenvalue weighted by molar-refractivity contribution is 0.0948. The Morgan fingerprint density at radius 3 is 2.68 bits per heavy atom. The van der Waals surface area contributed by atoms with Gasteiger partial charge in [0.15, 0.2) is 0 Å². The van der Waals surface area contributed by atoms with Crippen molar-refractivity contribution >= 4 is 29.1 Å². The van der Waals surface area contributed by atoms with Gasteiger partial charge in [0, 0.05) is 18.3 Å². The molecule has 0 fully saturated rings. The van der Waals surface area contributed by atoms with Gasteiger partial charge in [-0.05, 0) is 30.7 Å². The standard InChI is InChI=1S/C16H16ClN3O2/c1-2-8-19-16(22)14-10-11(7-9-18-14)15(21)20-13-6-4-3-5-12(13)17/h3-7,9-10H,2,8H2,1H3,(H,19,22)(H,20,21). The number of halogens is 1. The Hall–Kier alpha value is -2.40. The van der Waals surface area contributed by atoms with Crippen molar-refractivity contribution in [2.45, 2.75) is 13.3 Å². The van der Waals surface area contributed by atoms with Crippen LogP contribution in [0.5, 0.6) is 0 Å². The highest BCUT2D eigenvalue weighted by atomic mass is 35.5. The number of aromatic nitrogens is 1. The van der Waals surface area contributed by atoms with Crippen molar-refractivity contribution in [1.29, 1.82) is 0 Å². The molecule has 2 rings (SSSR count). The van der Waals surface area contributed by atoms with Gasteiger partial charge in [0.1, 0.15) is 5.69 Å². The molecular formula is C16H16ClN3O2. The SMILES string of the molecule is CCCNC(=O)c1cc(C(=O)Nc2ccccc2Cl)ccn1. The molecule has 0 aliphatic rings. The van der Waals surface area contributed by atoms with E-state index in [0.717, 1.165) is 6.42 Å². The molecule has 0 atom stereocenters. The summed E-state index contributed by atoms with van der Waals surface area (Å²) in [5.74, 6) is -0.644. The summed E-state index contributed by atoms with van der Waals surface area (Å²) < 4.78 is 0. The summed E-state index contributed by atoms with van der Waals surface area (Å²) in [5.41, 5.74) is 1.07. The molecule has 114 valence electrons. The molecule has 1 aromatic carbocycles. The third-order valence-electron chi connectivity index (χ3n) is 2.91. The molecule has 6 heteroatoms. The summed E-state index contributed by atoms with van der Waals surface area (Å²) in [7, 11) is 0. The van der Waals surface area contributed by atoms with Crippen LogP contribution in [0.3, 0.4) is 0 Å². The smallest absolute Gasteiger partial charge is 0.269 e. The minimum Gasteiger partial charge on any atom is -0.351 e. The van der Waals surface area contributed by atoms with Crippen molar-refractivity contribution in [3.8, 4) is 0 Å². The topological polar surface area (TPSA) is 71.1 Å². The maximum atomic E-state index is 12.2. The van der Waals surface area contributed by atoms with E-state index in [1.54, 1.807) is 30.3 Å². The number of anilines is 1. The maximum Gasteiger partial charge on any atom is 0.269 e. The largest absolute Gasteiger partial charge is 0.351 e. The molecule has 0 aliphatic carbocycles. The van der Waals surface area contributed by atoms with Gasteiger partial charge < -0.3 is 10.6 Å². The zero-order valence-corrected chi connectivity index (χ0v) is 12.9. The van der Waals surface area contributed by atoms with E-state index in [2.05, 4.69) is 15.6 Å². The summed E-state index contributed by atoms with van der Waals surface area (Å²) in [6, 6.07) is 9.95. The first kappa shape index (κ1) is 16.0. The molecule has 1 aromatic heterocycles. The number of rotatable bonds is 5. The van der Waals surface area contributed by atoms with Crippen molar-refractivity contribution in [3.63, 3.8) is 0 Å². The average Bonchev–Trinajstić information content (AvgIpc) is 2.54. The first-order valence-corrected chi connectivity index (χ1v) is 7.29. The lowest BCUT2D eigenvalue weighted by atomic mass is 10.2. The van der Waals surface area contributed by atoms with E-state index in [-0.39, 0.29) is 17.5 Å². The third kappa shape index (κ3) is 4.05. The second-order valence-corrected chi connectivity index (χ2v) is 5.03. The highest BCUT2D eigenvalue weighted by molar-refractivity contribution is 6.33. The first-order chi connectivity index (χ1) is 10.6. The number of nitrogens with one attached hydrogen (secondary N) is 2. The molecule has 2 N–H and O–H groups in total. The van der Waals surface area contributed by atoms with Crippen LogP contribution in [0.2, 0.25) is 5.02 Å². The fourth-order valence-electron chi connectivity index (χ4n) is 1.78. The first-order valence-electron chi connectivity index (χ1n) is 6.92. The number of hydrogen-bond donors (Lipinski definition) is 2. The highest BCUT2D eigenvalue weighted by Gasteiger charge is 2.12. The number of carbonyl (C=O) groups is 2. The van der Waals surface area contributed by atoms with Crippen LogP contribution in [0, 0.1) is 0 Å². The van der Waals surface area contributed by atoms with Gasteiger partial charge in [0.25, 0.3) is 11.8 Å². The highest BCUT2D eigenvalue weighted by Crippen LogP contribution is 2.21. The maximum absolute atomic E-state index is 12.2. The summed E-state index contributed by atoms with van der Waals surface area (Å²) >= 11 is 6.00. The summed E-state index contributed by atoms with van der Waals surface area (Å²) in [4.78, 5) is 28.1. The van der Waals surface area contributed by atoms with Gasteiger partial charge >= 0.3 is 0 Å². The summed E-state index contributed by atoms with van der Waals surface area (Å²) in [6.45, 7) is 2.53. The predicted molar refractivity (Wildman–Crippen MR) is 86.3 cm³/mol. The van der Waals surface area contributed by atoms with E-state index >= 15 is 0 Å². The van der Waals surface area contributed by atoms with Gasteiger partial charge in [0.05, 0.1) is 10.7 Å². The zero-order valence-electron chi connectivity index (χ0n) is 12.1. The second kappa shape index (κ2) is 7.56. The Morgan fingerprint density at radius 2 is 1.95 bits per heavy atom. The fourth-order valence-corrected chi connectivity index (χ4v) is 1.97. The van der Waals surface area contributed by atoms with Gasteiger partial charge in [0.2, 0.25) is 0 Å². The summed E-state index contributed by atoms with van der Waals surface area (Å²) in [6.07, 6.45) is 2.26. The molecule has 2 aromatic rings. The quantitative estimate of drug-likeness (QED) is 0.890. The van der Waals surface area contributed by atoms with Crippen molar-refractivity contribution in [2.24, 2.45) is 0 Å². The van der Waals surface area contributed by atoms with Crippen molar-refractivity contribution < 1.29 is 9.59 Å². The average molecular weight is 318 g/mol. The van der Waals surface area contributed by atoms with Crippen LogP contribution >= 0.6 is 11.6 Å². The molecule has 0 radical (unpaired) electrons. The Balaban J connectivity index is 2.13. The van der Waals surface area contributed by atoms with E-state index in [4.69, 9.17) is 11.6 Å². The zero-order chi connectivity index (χ0) is 15.9. The van der Waals surface area contributed by atoms with Crippen molar-refractivity contribution in [1.82, 2.24) is 10.3 Å². The van der Waals surface area contributed by atoms with Crippen LogP contribution in [0.1, 0.15) is 34.2 Å². The Bertz CT molecular complexity index is 689. The Kier molecular flexibility index (Phi) is 5.49. The lowest BCUT2D eigenvalue weighted by Gasteiger charge is -2.08. The molecule has 2 amide bonds. The molecule has 0 bridgehead atoms. The number of amides is 2. The minimum atomic E-state index is -0.347. The molecule has 0 aliphatic heterocycles. The number of hydrogen-bond acceptors (Lipinski definition) is 3. The van der Waals surface area contributed by atoms with Crippen LogP contribution in [-0.4, -0.2) is 23.3 Å². The van der Waals surface area contributed by atoms with E-state index in [1.807, 2.05) is 6.92 Å². The van der Waals surface area contributed by atoms with Crippen LogP contribution < -0.4 is 10.6 Å². The van der Waals surface area contributed by atoms with Crippen LogP contribution in [0.15, 0.2) is 42.6 Å². The predicted octanol–water partition coefficient (Wildman–Crippen LogP) is 3.13. The van der Waals surface area contributed by atoms with Gasteiger partial charge in [-0.2, -0.15) is 0 Å². The monoisotopic (exact) mass is 317 g/mol. The van der Waals surface area contributed by atoms with E-state index < -0.39 is 0 Å². The van der Waals surface area contributed by atoms with E-state index in [0.29, 0.717) is 22.8 Å². The lowest BCUT2D eigenvalue weighted by Crippen LogP contribution is -2.25. The molecule has 0 spiro atoms. The second-order valence-electron chi connectivity index (χ2n) is 4.62.